The van der Waals surface area contributed by atoms with Crippen LogP contribution in [-0.2, 0) is 10.8 Å². The van der Waals surface area contributed by atoms with Crippen LogP contribution in [0.15, 0.2) is 0 Å². The van der Waals surface area contributed by atoms with Crippen molar-refractivity contribution in [2.75, 3.05) is 12.3 Å². The summed E-state index contributed by atoms with van der Waals surface area (Å²) in [5.41, 5.74) is 0.372. The molecule has 1 N–H and O–H groups in total. The molecule has 1 aliphatic rings. The highest BCUT2D eigenvalue weighted by Gasteiger charge is 2.37. The van der Waals surface area contributed by atoms with Crippen LogP contribution in [0, 0.1) is 5.41 Å². The lowest BCUT2D eigenvalue weighted by Gasteiger charge is -2.40. The van der Waals surface area contributed by atoms with E-state index < -0.39 is 10.8 Å². The van der Waals surface area contributed by atoms with Crippen molar-refractivity contribution in [3.05, 3.63) is 0 Å². The molecule has 0 saturated heterocycles. The maximum absolute atomic E-state index is 12.5. The Morgan fingerprint density at radius 2 is 2.00 bits per heavy atom. The van der Waals surface area contributed by atoms with Crippen LogP contribution >= 0.6 is 0 Å². The normalized spacial score (nSPS) is 29.1. The Kier molecular flexibility index (Phi) is 6.86. The quantitative estimate of drug-likeness (QED) is 0.769. The summed E-state index contributed by atoms with van der Waals surface area (Å²) in [6.07, 6.45) is 6.98. The molecule has 1 saturated carbocycles. The van der Waals surface area contributed by atoms with Crippen molar-refractivity contribution in [3.63, 3.8) is 0 Å². The summed E-state index contributed by atoms with van der Waals surface area (Å²) in [5.74, 6) is 0.890. The minimum absolute atomic E-state index is 0.367. The van der Waals surface area contributed by atoms with Crippen molar-refractivity contribution < 1.29 is 4.21 Å². The molecule has 0 aromatic heterocycles. The summed E-state index contributed by atoms with van der Waals surface area (Å²) in [6.45, 7) is 10.1. The lowest BCUT2D eigenvalue weighted by Crippen LogP contribution is -2.49. The number of nitrogens with one attached hydrogen (secondary N) is 1. The lowest BCUT2D eigenvalue weighted by atomic mass is 9.75. The molecule has 18 heavy (non-hydrogen) atoms. The zero-order valence-corrected chi connectivity index (χ0v) is 13.4. The fourth-order valence-electron chi connectivity index (χ4n) is 2.80. The van der Waals surface area contributed by atoms with E-state index in [-0.39, 0.29) is 0 Å². The summed E-state index contributed by atoms with van der Waals surface area (Å²) in [5, 5.41) is 3.99. The van der Waals surface area contributed by atoms with E-state index in [2.05, 4.69) is 33.0 Å². The second kappa shape index (κ2) is 7.64. The first-order valence-electron chi connectivity index (χ1n) is 7.60. The van der Waals surface area contributed by atoms with E-state index in [0.29, 0.717) is 16.7 Å². The molecule has 0 aliphatic heterocycles. The zero-order valence-electron chi connectivity index (χ0n) is 12.6. The van der Waals surface area contributed by atoms with Crippen LogP contribution in [0.3, 0.4) is 0 Å². The zero-order chi connectivity index (χ0) is 13.6. The first-order chi connectivity index (χ1) is 8.50. The largest absolute Gasteiger partial charge is 0.313 e. The van der Waals surface area contributed by atoms with Gasteiger partial charge >= 0.3 is 0 Å². The third-order valence-corrected chi connectivity index (χ3v) is 5.89. The van der Waals surface area contributed by atoms with Crippen molar-refractivity contribution in [3.8, 4) is 0 Å². The molecular formula is C15H31NOS. The average Bonchev–Trinajstić information content (AvgIpc) is 2.33. The second-order valence-corrected chi connectivity index (χ2v) is 8.22. The van der Waals surface area contributed by atoms with Crippen LogP contribution in [0.1, 0.15) is 66.2 Å². The van der Waals surface area contributed by atoms with Gasteiger partial charge in [-0.1, -0.05) is 34.1 Å². The molecule has 3 unspecified atom stereocenters. The molecule has 1 fully saturated rings. The van der Waals surface area contributed by atoms with E-state index in [4.69, 9.17) is 0 Å². The minimum atomic E-state index is -0.649. The third kappa shape index (κ3) is 5.00. The van der Waals surface area contributed by atoms with Crippen molar-refractivity contribution in [1.82, 2.24) is 5.32 Å². The Bertz CT molecular complexity index is 265. The Morgan fingerprint density at radius 3 is 2.61 bits per heavy atom. The molecular weight excluding hydrogens is 242 g/mol. The van der Waals surface area contributed by atoms with Gasteiger partial charge in [-0.05, 0) is 44.1 Å². The molecule has 1 aliphatic carbocycles. The first-order valence-corrected chi connectivity index (χ1v) is 8.99. The van der Waals surface area contributed by atoms with Gasteiger partial charge in [-0.3, -0.25) is 4.21 Å². The molecule has 0 aromatic rings. The second-order valence-electron chi connectivity index (χ2n) is 6.44. The van der Waals surface area contributed by atoms with Crippen molar-refractivity contribution in [1.29, 1.82) is 0 Å². The number of rotatable bonds is 7. The van der Waals surface area contributed by atoms with Gasteiger partial charge in [0.2, 0.25) is 0 Å². The summed E-state index contributed by atoms with van der Waals surface area (Å²) < 4.78 is 12.5. The summed E-state index contributed by atoms with van der Waals surface area (Å²) in [4.78, 5) is 0. The standard InChI is InChI=1S/C15H31NOS/c1-5-7-11-18(17)14-12-15(3,4)9-8-13(14)16-10-6-2/h13-14,16H,5-12H2,1-4H3. The van der Waals surface area contributed by atoms with Crippen molar-refractivity contribution >= 4 is 10.8 Å². The van der Waals surface area contributed by atoms with Gasteiger partial charge in [0.15, 0.2) is 0 Å². The van der Waals surface area contributed by atoms with E-state index >= 15 is 0 Å². The highest BCUT2D eigenvalue weighted by atomic mass is 32.2. The van der Waals surface area contributed by atoms with Gasteiger partial charge in [0.05, 0.1) is 5.25 Å². The van der Waals surface area contributed by atoms with Crippen LogP contribution < -0.4 is 5.32 Å². The summed E-state index contributed by atoms with van der Waals surface area (Å²) in [7, 11) is -0.649. The molecule has 0 spiro atoms. The lowest BCUT2D eigenvalue weighted by molar-refractivity contribution is 0.211. The molecule has 3 heteroatoms. The Balaban J connectivity index is 2.61. The SMILES string of the molecule is CCCCS(=O)C1CC(C)(C)CCC1NCCC. The van der Waals surface area contributed by atoms with Gasteiger partial charge in [-0.2, -0.15) is 0 Å². The predicted molar refractivity (Wildman–Crippen MR) is 81.4 cm³/mol. The van der Waals surface area contributed by atoms with Crippen LogP contribution in [0.5, 0.6) is 0 Å². The molecule has 3 atom stereocenters. The van der Waals surface area contributed by atoms with Crippen LogP contribution in [-0.4, -0.2) is 27.8 Å². The Labute approximate surface area is 116 Å². The molecule has 1 rings (SSSR count). The number of hydrogen-bond acceptors (Lipinski definition) is 2. The maximum Gasteiger partial charge on any atom is 0.0506 e. The van der Waals surface area contributed by atoms with Crippen LogP contribution in [0.4, 0.5) is 0 Å². The first kappa shape index (κ1) is 16.2. The molecule has 0 bridgehead atoms. The van der Waals surface area contributed by atoms with E-state index in [1.165, 1.54) is 12.8 Å². The molecule has 0 heterocycles. The van der Waals surface area contributed by atoms with Gasteiger partial charge < -0.3 is 5.32 Å². The van der Waals surface area contributed by atoms with Gasteiger partial charge in [0.25, 0.3) is 0 Å². The molecule has 0 amide bonds. The fourth-order valence-corrected chi connectivity index (χ4v) is 4.91. The maximum atomic E-state index is 12.5. The Hall–Kier alpha value is 0.110. The van der Waals surface area contributed by atoms with Gasteiger partial charge in [0.1, 0.15) is 0 Å². The van der Waals surface area contributed by atoms with Crippen molar-refractivity contribution in [2.24, 2.45) is 5.41 Å². The van der Waals surface area contributed by atoms with Gasteiger partial charge in [0, 0.05) is 22.6 Å². The minimum Gasteiger partial charge on any atom is -0.313 e. The van der Waals surface area contributed by atoms with Gasteiger partial charge in [-0.25, -0.2) is 0 Å². The molecule has 0 aromatic carbocycles. The molecule has 108 valence electrons. The predicted octanol–water partition coefficient (Wildman–Crippen LogP) is 3.48. The number of unbranched alkanes of at least 4 members (excludes halogenated alkanes) is 1. The molecule has 0 radical (unpaired) electrons. The molecule has 2 nitrogen and oxygen atoms in total. The van der Waals surface area contributed by atoms with Crippen molar-refractivity contribution in [2.45, 2.75) is 77.5 Å². The number of hydrogen-bond donors (Lipinski definition) is 1. The monoisotopic (exact) mass is 273 g/mol. The highest BCUT2D eigenvalue weighted by molar-refractivity contribution is 7.85. The van der Waals surface area contributed by atoms with E-state index in [1.807, 2.05) is 0 Å². The Morgan fingerprint density at radius 1 is 1.28 bits per heavy atom. The summed E-state index contributed by atoms with van der Waals surface area (Å²) >= 11 is 0. The topological polar surface area (TPSA) is 29.1 Å². The average molecular weight is 273 g/mol. The van der Waals surface area contributed by atoms with E-state index in [9.17, 15) is 4.21 Å². The van der Waals surface area contributed by atoms with Crippen LogP contribution in [0.2, 0.25) is 0 Å². The smallest absolute Gasteiger partial charge is 0.0506 e. The third-order valence-electron chi connectivity index (χ3n) is 4.03. The fraction of sp³-hybridized carbons (Fsp3) is 1.00. The summed E-state index contributed by atoms with van der Waals surface area (Å²) in [6, 6.07) is 0.482. The van der Waals surface area contributed by atoms with E-state index in [0.717, 1.165) is 38.0 Å². The van der Waals surface area contributed by atoms with E-state index in [1.54, 1.807) is 0 Å². The van der Waals surface area contributed by atoms with Crippen LogP contribution in [0.25, 0.3) is 0 Å². The highest BCUT2D eigenvalue weighted by Crippen LogP contribution is 2.37. The van der Waals surface area contributed by atoms with Gasteiger partial charge in [-0.15, -0.1) is 0 Å².